The molecule has 18 heavy (non-hydrogen) atoms. The first-order valence-corrected chi connectivity index (χ1v) is 7.33. The Bertz CT molecular complexity index is 585. The number of nitro benzene ring substituents is 1. The van der Waals surface area contributed by atoms with E-state index in [4.69, 9.17) is 4.74 Å². The van der Waals surface area contributed by atoms with Crippen LogP contribution in [-0.2, 0) is 6.61 Å². The summed E-state index contributed by atoms with van der Waals surface area (Å²) in [6.45, 7) is 0.306. The van der Waals surface area contributed by atoms with E-state index in [1.807, 2.05) is 11.4 Å². The van der Waals surface area contributed by atoms with Gasteiger partial charge in [-0.15, -0.1) is 11.3 Å². The minimum absolute atomic E-state index is 0.0444. The summed E-state index contributed by atoms with van der Waals surface area (Å²) in [6, 6.07) is 6.65. The third-order valence-corrected chi connectivity index (χ3v) is 4.56. The van der Waals surface area contributed by atoms with Crippen molar-refractivity contribution in [2.75, 3.05) is 0 Å². The van der Waals surface area contributed by atoms with Crippen LogP contribution in [0, 0.1) is 10.1 Å². The molecule has 2 aromatic rings. The molecule has 1 heterocycles. The van der Waals surface area contributed by atoms with Gasteiger partial charge >= 0.3 is 5.69 Å². The fourth-order valence-electron chi connectivity index (χ4n) is 1.33. The first kappa shape index (κ1) is 13.5. The van der Waals surface area contributed by atoms with Crippen LogP contribution < -0.4 is 4.74 Å². The monoisotopic (exact) mass is 391 g/mol. The van der Waals surface area contributed by atoms with Gasteiger partial charge in [0.1, 0.15) is 6.61 Å². The minimum Gasteiger partial charge on any atom is -0.481 e. The lowest BCUT2D eigenvalue weighted by atomic mass is 10.3. The summed E-state index contributed by atoms with van der Waals surface area (Å²) in [5.41, 5.74) is -0.0444. The highest BCUT2D eigenvalue weighted by atomic mass is 79.9. The molecule has 0 spiro atoms. The van der Waals surface area contributed by atoms with Crippen molar-refractivity contribution in [3.05, 3.63) is 53.6 Å². The maximum atomic E-state index is 10.9. The highest BCUT2D eigenvalue weighted by Gasteiger charge is 2.16. The van der Waals surface area contributed by atoms with Gasteiger partial charge in [0.2, 0.25) is 0 Å². The summed E-state index contributed by atoms with van der Waals surface area (Å²) < 4.78 is 7.10. The smallest absolute Gasteiger partial charge is 0.312 e. The zero-order chi connectivity index (χ0) is 13.1. The molecule has 94 valence electrons. The van der Waals surface area contributed by atoms with Crippen LogP contribution in [0.15, 0.2) is 38.6 Å². The van der Waals surface area contributed by atoms with Crippen molar-refractivity contribution in [2.45, 2.75) is 6.61 Å². The van der Waals surface area contributed by atoms with E-state index >= 15 is 0 Å². The summed E-state index contributed by atoms with van der Waals surface area (Å²) in [5, 5.41) is 12.8. The molecular formula is C11H7Br2NO3S. The molecule has 1 aromatic carbocycles. The summed E-state index contributed by atoms with van der Waals surface area (Å²) in [4.78, 5) is 11.4. The van der Waals surface area contributed by atoms with Gasteiger partial charge in [-0.1, -0.05) is 15.9 Å². The van der Waals surface area contributed by atoms with Crippen LogP contribution in [0.5, 0.6) is 5.75 Å². The van der Waals surface area contributed by atoms with Crippen molar-refractivity contribution in [1.29, 1.82) is 0 Å². The van der Waals surface area contributed by atoms with Crippen LogP contribution in [0.3, 0.4) is 0 Å². The number of nitro groups is 1. The zero-order valence-corrected chi connectivity index (χ0v) is 12.9. The van der Waals surface area contributed by atoms with Crippen LogP contribution in [0.2, 0.25) is 0 Å². The number of nitrogens with zero attached hydrogens (tertiary/aromatic N) is 1. The molecule has 1 aromatic heterocycles. The molecule has 0 saturated heterocycles. The Morgan fingerprint density at radius 1 is 1.33 bits per heavy atom. The van der Waals surface area contributed by atoms with Gasteiger partial charge in [-0.05, 0) is 39.5 Å². The summed E-state index contributed by atoms with van der Waals surface area (Å²) in [5.74, 6) is 0.267. The Morgan fingerprint density at radius 2 is 2.11 bits per heavy atom. The predicted octanol–water partition coefficient (Wildman–Crippen LogP) is 4.76. The van der Waals surface area contributed by atoms with Gasteiger partial charge < -0.3 is 4.74 Å². The zero-order valence-electron chi connectivity index (χ0n) is 8.93. The molecule has 2 rings (SSSR count). The van der Waals surface area contributed by atoms with E-state index < -0.39 is 4.92 Å². The van der Waals surface area contributed by atoms with E-state index in [0.29, 0.717) is 11.1 Å². The van der Waals surface area contributed by atoms with Crippen LogP contribution in [0.1, 0.15) is 4.88 Å². The molecule has 7 heteroatoms. The Balaban J connectivity index is 2.19. The second-order valence-electron chi connectivity index (χ2n) is 3.35. The predicted molar refractivity (Wildman–Crippen MR) is 77.1 cm³/mol. The number of halogens is 2. The number of thiophene rings is 1. The van der Waals surface area contributed by atoms with Crippen molar-refractivity contribution in [2.24, 2.45) is 0 Å². The van der Waals surface area contributed by atoms with Gasteiger partial charge in [0.15, 0.2) is 5.75 Å². The van der Waals surface area contributed by atoms with Crippen LogP contribution in [0.4, 0.5) is 5.69 Å². The average Bonchev–Trinajstić information content (AvgIpc) is 2.73. The molecule has 0 amide bonds. The fourth-order valence-corrected chi connectivity index (χ4v) is 3.05. The normalized spacial score (nSPS) is 10.3. The Kier molecular flexibility index (Phi) is 4.36. The van der Waals surface area contributed by atoms with Crippen LogP contribution in [-0.4, -0.2) is 4.92 Å². The SMILES string of the molecule is O=[N+]([O-])c1cc(Br)ccc1OCc1sccc1Br. The average molecular weight is 393 g/mol. The third kappa shape index (κ3) is 3.09. The maximum absolute atomic E-state index is 10.9. The molecule has 0 saturated carbocycles. The summed E-state index contributed by atoms with van der Waals surface area (Å²) >= 11 is 8.12. The Hall–Kier alpha value is -0.920. The fraction of sp³-hybridized carbons (Fsp3) is 0.0909. The van der Waals surface area contributed by atoms with Gasteiger partial charge in [0.25, 0.3) is 0 Å². The Labute approximate surface area is 124 Å². The van der Waals surface area contributed by atoms with Gasteiger partial charge in [-0.2, -0.15) is 0 Å². The quantitative estimate of drug-likeness (QED) is 0.556. The topological polar surface area (TPSA) is 52.4 Å². The lowest BCUT2D eigenvalue weighted by Gasteiger charge is -2.06. The Morgan fingerprint density at radius 3 is 2.72 bits per heavy atom. The maximum Gasteiger partial charge on any atom is 0.312 e. The first-order chi connectivity index (χ1) is 8.58. The van der Waals surface area contributed by atoms with Crippen molar-refractivity contribution >= 4 is 48.9 Å². The highest BCUT2D eigenvalue weighted by molar-refractivity contribution is 9.10. The minimum atomic E-state index is -0.455. The molecule has 0 aliphatic heterocycles. The first-order valence-electron chi connectivity index (χ1n) is 4.86. The largest absolute Gasteiger partial charge is 0.481 e. The number of hydrogen-bond acceptors (Lipinski definition) is 4. The number of benzene rings is 1. The highest BCUT2D eigenvalue weighted by Crippen LogP contribution is 2.32. The summed E-state index contributed by atoms with van der Waals surface area (Å²) in [7, 11) is 0. The molecule has 4 nitrogen and oxygen atoms in total. The number of rotatable bonds is 4. The van der Waals surface area contributed by atoms with Gasteiger partial charge in [0, 0.05) is 15.0 Å². The number of ether oxygens (including phenoxy) is 1. The van der Waals surface area contributed by atoms with Crippen molar-refractivity contribution < 1.29 is 9.66 Å². The molecule has 0 atom stereocenters. The van der Waals surface area contributed by atoms with Crippen LogP contribution in [0.25, 0.3) is 0 Å². The second-order valence-corrected chi connectivity index (χ2v) is 6.12. The van der Waals surface area contributed by atoms with E-state index in [1.165, 1.54) is 17.4 Å². The molecule has 0 aliphatic carbocycles. The lowest BCUT2D eigenvalue weighted by Crippen LogP contribution is -1.98. The molecular weight excluding hydrogens is 386 g/mol. The van der Waals surface area contributed by atoms with E-state index in [0.717, 1.165) is 9.35 Å². The number of hydrogen-bond donors (Lipinski definition) is 0. The molecule has 0 N–H and O–H groups in total. The van der Waals surface area contributed by atoms with E-state index in [2.05, 4.69) is 31.9 Å². The standard InChI is InChI=1S/C11H7Br2NO3S/c12-7-1-2-10(9(5-7)14(15)16)17-6-11-8(13)3-4-18-11/h1-5H,6H2. The van der Waals surface area contributed by atoms with E-state index in [1.54, 1.807) is 12.1 Å². The molecule has 0 fully saturated rings. The van der Waals surface area contributed by atoms with Gasteiger partial charge in [-0.25, -0.2) is 0 Å². The molecule has 0 unspecified atom stereocenters. The second kappa shape index (κ2) is 5.81. The van der Waals surface area contributed by atoms with E-state index in [-0.39, 0.29) is 11.4 Å². The lowest BCUT2D eigenvalue weighted by molar-refractivity contribution is -0.386. The van der Waals surface area contributed by atoms with Gasteiger partial charge in [0.05, 0.1) is 9.80 Å². The molecule has 0 aliphatic rings. The van der Waals surface area contributed by atoms with Crippen molar-refractivity contribution in [3.63, 3.8) is 0 Å². The summed E-state index contributed by atoms with van der Waals surface area (Å²) in [6.07, 6.45) is 0. The third-order valence-electron chi connectivity index (χ3n) is 2.17. The van der Waals surface area contributed by atoms with Crippen molar-refractivity contribution in [3.8, 4) is 5.75 Å². The van der Waals surface area contributed by atoms with E-state index in [9.17, 15) is 10.1 Å². The molecule has 0 bridgehead atoms. The van der Waals surface area contributed by atoms with Crippen molar-refractivity contribution in [1.82, 2.24) is 0 Å². The van der Waals surface area contributed by atoms with Gasteiger partial charge in [-0.3, -0.25) is 10.1 Å². The molecule has 0 radical (unpaired) electrons. The van der Waals surface area contributed by atoms with Crippen LogP contribution >= 0.6 is 43.2 Å².